The third-order valence-corrected chi connectivity index (χ3v) is 6.86. The summed E-state index contributed by atoms with van der Waals surface area (Å²) in [5.74, 6) is -0.755. The van der Waals surface area contributed by atoms with Gasteiger partial charge in [-0.05, 0) is 73.0 Å². The molecule has 0 aliphatic carbocycles. The highest BCUT2D eigenvalue weighted by Gasteiger charge is 2.28. The van der Waals surface area contributed by atoms with Crippen LogP contribution in [0.1, 0.15) is 40.9 Å². The van der Waals surface area contributed by atoms with E-state index < -0.39 is 5.97 Å². The monoisotopic (exact) mass is 520 g/mol. The van der Waals surface area contributed by atoms with Crippen LogP contribution in [0.2, 0.25) is 0 Å². The van der Waals surface area contributed by atoms with Gasteiger partial charge in [0.2, 0.25) is 0 Å². The van der Waals surface area contributed by atoms with Crippen molar-refractivity contribution in [3.05, 3.63) is 101 Å². The highest BCUT2D eigenvalue weighted by molar-refractivity contribution is 5.91. The van der Waals surface area contributed by atoms with Crippen molar-refractivity contribution < 1.29 is 19.0 Å². The maximum absolute atomic E-state index is 14.1. The fourth-order valence-corrected chi connectivity index (χ4v) is 4.92. The number of fused-ring (bicyclic) bond motifs is 2. The van der Waals surface area contributed by atoms with Gasteiger partial charge < -0.3 is 20.1 Å². The van der Waals surface area contributed by atoms with Crippen LogP contribution in [0.15, 0.2) is 78.9 Å². The number of nitrogens with zero attached hydrogens (tertiary/aromatic N) is 1. The van der Waals surface area contributed by atoms with Gasteiger partial charge in [0.25, 0.3) is 0 Å². The molecular weight excluding hydrogens is 491 g/mol. The molecule has 0 radical (unpaired) electrons. The van der Waals surface area contributed by atoms with Crippen molar-refractivity contribution in [3.8, 4) is 5.75 Å². The number of hydrogen-bond acceptors (Lipinski definition) is 4. The molecule has 5 nitrogen and oxygen atoms in total. The molecular formula is C30H30ClFN2O3. The molecule has 4 aromatic carbocycles. The summed E-state index contributed by atoms with van der Waals surface area (Å²) in [6, 6.07) is 24.7. The number of benzene rings is 4. The molecule has 0 saturated heterocycles. The summed E-state index contributed by atoms with van der Waals surface area (Å²) in [4.78, 5) is 13.7. The van der Waals surface area contributed by atoms with Crippen molar-refractivity contribution in [3.63, 3.8) is 0 Å². The Bertz CT molecular complexity index is 1420. The molecule has 0 bridgehead atoms. The molecule has 1 heterocycles. The number of ether oxygens (including phenoxy) is 1. The Labute approximate surface area is 222 Å². The smallest absolute Gasteiger partial charge is 0.336 e. The number of hydrogen-bond donors (Lipinski definition) is 2. The van der Waals surface area contributed by atoms with Gasteiger partial charge in [0, 0.05) is 17.8 Å². The predicted molar refractivity (Wildman–Crippen MR) is 148 cm³/mol. The number of aryl methyl sites for hydroxylation is 1. The van der Waals surface area contributed by atoms with Crippen LogP contribution in [0.4, 0.5) is 15.8 Å². The number of nitrogens with one attached hydrogen (secondary N) is 1. The van der Waals surface area contributed by atoms with Gasteiger partial charge in [0.1, 0.15) is 17.7 Å². The SMILES string of the molecule is Cc1ccc(N2CC(CCN[C@H](C)c3cccc4ccccc34)Oc3ccc(F)cc32)cc1C(=O)O.Cl. The van der Waals surface area contributed by atoms with Crippen LogP contribution in [0.25, 0.3) is 10.8 Å². The fraction of sp³-hybridized carbons (Fsp3) is 0.233. The molecule has 2 atom stereocenters. The minimum absolute atomic E-state index is 0. The summed E-state index contributed by atoms with van der Waals surface area (Å²) in [7, 11) is 0. The number of carbonyl (C=O) groups is 1. The molecule has 2 N–H and O–H groups in total. The zero-order valence-electron chi connectivity index (χ0n) is 20.8. The van der Waals surface area contributed by atoms with Crippen molar-refractivity contribution in [2.45, 2.75) is 32.4 Å². The van der Waals surface area contributed by atoms with E-state index in [0.29, 0.717) is 29.2 Å². The lowest BCUT2D eigenvalue weighted by Crippen LogP contribution is -2.39. The molecule has 37 heavy (non-hydrogen) atoms. The molecule has 192 valence electrons. The highest BCUT2D eigenvalue weighted by atomic mass is 35.5. The quantitative estimate of drug-likeness (QED) is 0.273. The van der Waals surface area contributed by atoms with Gasteiger partial charge in [-0.15, -0.1) is 12.4 Å². The first-order valence-corrected chi connectivity index (χ1v) is 12.2. The van der Waals surface area contributed by atoms with E-state index in [1.807, 2.05) is 17.0 Å². The van der Waals surface area contributed by atoms with Crippen molar-refractivity contribution in [1.82, 2.24) is 5.32 Å². The van der Waals surface area contributed by atoms with Gasteiger partial charge in [0.15, 0.2) is 0 Å². The zero-order valence-corrected chi connectivity index (χ0v) is 21.6. The number of carboxylic acid groups (broad SMARTS) is 1. The Morgan fingerprint density at radius 1 is 1.11 bits per heavy atom. The van der Waals surface area contributed by atoms with E-state index in [9.17, 15) is 14.3 Å². The van der Waals surface area contributed by atoms with E-state index in [1.165, 1.54) is 28.5 Å². The molecule has 0 saturated carbocycles. The van der Waals surface area contributed by atoms with Crippen LogP contribution >= 0.6 is 12.4 Å². The van der Waals surface area contributed by atoms with Gasteiger partial charge in [-0.2, -0.15) is 0 Å². The van der Waals surface area contributed by atoms with Crippen LogP contribution in [0.5, 0.6) is 5.75 Å². The Morgan fingerprint density at radius 2 is 1.89 bits per heavy atom. The van der Waals surface area contributed by atoms with Crippen molar-refractivity contribution >= 4 is 40.5 Å². The van der Waals surface area contributed by atoms with Crippen LogP contribution in [-0.4, -0.2) is 30.3 Å². The maximum Gasteiger partial charge on any atom is 0.336 e. The number of rotatable bonds is 7. The van der Waals surface area contributed by atoms with Gasteiger partial charge in [-0.1, -0.05) is 48.5 Å². The Hall–Kier alpha value is -3.61. The molecule has 7 heteroatoms. The third kappa shape index (κ3) is 5.55. The van der Waals surface area contributed by atoms with E-state index in [4.69, 9.17) is 4.74 Å². The Balaban J connectivity index is 0.00000320. The second-order valence-corrected chi connectivity index (χ2v) is 9.30. The average molecular weight is 521 g/mol. The normalized spacial score (nSPS) is 15.4. The van der Waals surface area contributed by atoms with Crippen LogP contribution < -0.4 is 15.0 Å². The minimum Gasteiger partial charge on any atom is -0.486 e. The molecule has 5 rings (SSSR count). The third-order valence-electron chi connectivity index (χ3n) is 6.86. The first kappa shape index (κ1) is 26.5. The van der Waals surface area contributed by atoms with Crippen molar-refractivity contribution in [2.75, 3.05) is 18.0 Å². The first-order valence-electron chi connectivity index (χ1n) is 12.2. The zero-order chi connectivity index (χ0) is 25.2. The summed E-state index contributed by atoms with van der Waals surface area (Å²) in [5.41, 5.74) is 3.47. The molecule has 4 aromatic rings. The van der Waals surface area contributed by atoms with E-state index in [2.05, 4.69) is 48.6 Å². The van der Waals surface area contributed by atoms with Gasteiger partial charge in [0.05, 0.1) is 17.8 Å². The number of anilines is 2. The summed E-state index contributed by atoms with van der Waals surface area (Å²) in [6.45, 7) is 5.15. The minimum atomic E-state index is -0.981. The molecule has 1 aliphatic rings. The second-order valence-electron chi connectivity index (χ2n) is 9.30. The van der Waals surface area contributed by atoms with Crippen LogP contribution in [0, 0.1) is 12.7 Å². The first-order chi connectivity index (χ1) is 17.4. The topological polar surface area (TPSA) is 61.8 Å². The number of halogens is 2. The number of carboxylic acids is 1. The average Bonchev–Trinajstić information content (AvgIpc) is 2.88. The molecule has 0 spiro atoms. The lowest BCUT2D eigenvalue weighted by atomic mass is 9.99. The molecule has 1 aliphatic heterocycles. The predicted octanol–water partition coefficient (Wildman–Crippen LogP) is 7.05. The summed E-state index contributed by atoms with van der Waals surface area (Å²) >= 11 is 0. The molecule has 0 aromatic heterocycles. The standard InChI is InChI=1S/C30H29FN2O3.ClH/c1-19-10-12-23(17-27(19)30(34)35)33-18-24(36-29-13-11-22(31)16-28(29)33)14-15-32-20(2)25-9-5-7-21-6-3-4-8-26(21)25;/h3-13,16-17,20,24,32H,14-15,18H2,1-2H3,(H,34,35);1H/t20-,24?;/m1./s1. The lowest BCUT2D eigenvalue weighted by molar-refractivity contribution is 0.0696. The Morgan fingerprint density at radius 3 is 2.70 bits per heavy atom. The number of aromatic carboxylic acids is 1. The molecule has 0 amide bonds. The largest absolute Gasteiger partial charge is 0.486 e. The maximum atomic E-state index is 14.1. The van der Waals surface area contributed by atoms with E-state index >= 15 is 0 Å². The van der Waals surface area contributed by atoms with Crippen molar-refractivity contribution in [2.24, 2.45) is 0 Å². The van der Waals surface area contributed by atoms with Gasteiger partial charge in [-0.3, -0.25) is 0 Å². The lowest BCUT2D eigenvalue weighted by Gasteiger charge is -2.37. The van der Waals surface area contributed by atoms with E-state index in [-0.39, 0.29) is 35.9 Å². The van der Waals surface area contributed by atoms with Gasteiger partial charge in [-0.25, -0.2) is 9.18 Å². The summed E-state index contributed by atoms with van der Waals surface area (Å²) < 4.78 is 20.4. The highest BCUT2D eigenvalue weighted by Crippen LogP contribution is 2.39. The van der Waals surface area contributed by atoms with Gasteiger partial charge >= 0.3 is 5.97 Å². The fourth-order valence-electron chi connectivity index (χ4n) is 4.92. The van der Waals surface area contributed by atoms with Crippen LogP contribution in [0.3, 0.4) is 0 Å². The molecule has 1 unspecified atom stereocenters. The Kier molecular flexibility index (Phi) is 8.00. The van der Waals surface area contributed by atoms with Crippen LogP contribution in [-0.2, 0) is 0 Å². The second kappa shape index (κ2) is 11.2. The van der Waals surface area contributed by atoms with E-state index in [1.54, 1.807) is 25.1 Å². The molecule has 0 fully saturated rings. The summed E-state index contributed by atoms with van der Waals surface area (Å²) in [6.07, 6.45) is 0.588. The van der Waals surface area contributed by atoms with Crippen molar-refractivity contribution in [1.29, 1.82) is 0 Å². The summed E-state index contributed by atoms with van der Waals surface area (Å²) in [5, 5.41) is 15.7. The van der Waals surface area contributed by atoms with E-state index in [0.717, 1.165) is 13.0 Å².